The number of carbonyl (C=O) groups is 3. The lowest BCUT2D eigenvalue weighted by atomic mass is 9.76. The van der Waals surface area contributed by atoms with E-state index in [2.05, 4.69) is 22.5 Å². The predicted molar refractivity (Wildman–Crippen MR) is 108 cm³/mol. The summed E-state index contributed by atoms with van der Waals surface area (Å²) in [6, 6.07) is 16.6. The molecule has 6 heteroatoms. The Labute approximate surface area is 169 Å². The van der Waals surface area contributed by atoms with Crippen LogP contribution in [0.15, 0.2) is 54.6 Å². The van der Waals surface area contributed by atoms with Gasteiger partial charge < -0.3 is 10.6 Å². The molecule has 2 aliphatic rings. The molecule has 29 heavy (non-hydrogen) atoms. The van der Waals surface area contributed by atoms with E-state index >= 15 is 0 Å². The fourth-order valence-electron chi connectivity index (χ4n) is 3.97. The van der Waals surface area contributed by atoms with Crippen molar-refractivity contribution in [1.82, 2.24) is 15.5 Å². The number of urea groups is 1. The molecule has 0 aromatic heterocycles. The van der Waals surface area contributed by atoms with Crippen LogP contribution in [-0.4, -0.2) is 35.8 Å². The van der Waals surface area contributed by atoms with Crippen LogP contribution in [0.5, 0.6) is 0 Å². The van der Waals surface area contributed by atoms with Gasteiger partial charge in [0.1, 0.15) is 12.1 Å². The summed E-state index contributed by atoms with van der Waals surface area (Å²) in [5.74, 6) is 5.03. The van der Waals surface area contributed by atoms with Gasteiger partial charge in [-0.05, 0) is 42.5 Å². The maximum atomic E-state index is 13.1. The summed E-state index contributed by atoms with van der Waals surface area (Å²) >= 11 is 0. The number of benzene rings is 2. The maximum absolute atomic E-state index is 13.1. The Morgan fingerprint density at radius 3 is 2.69 bits per heavy atom. The molecule has 1 spiro atoms. The van der Waals surface area contributed by atoms with Gasteiger partial charge in [0.25, 0.3) is 5.91 Å². The van der Waals surface area contributed by atoms with Gasteiger partial charge in [-0.25, -0.2) is 4.79 Å². The zero-order valence-corrected chi connectivity index (χ0v) is 15.9. The van der Waals surface area contributed by atoms with E-state index < -0.39 is 17.5 Å². The minimum absolute atomic E-state index is 0.144. The van der Waals surface area contributed by atoms with Crippen LogP contribution in [0, 0.1) is 11.8 Å². The topological polar surface area (TPSA) is 78.5 Å². The summed E-state index contributed by atoms with van der Waals surface area (Å²) < 4.78 is 0. The molecule has 0 saturated carbocycles. The lowest BCUT2D eigenvalue weighted by Crippen LogP contribution is -2.47. The van der Waals surface area contributed by atoms with Crippen LogP contribution in [0.4, 0.5) is 4.79 Å². The molecule has 0 bridgehead atoms. The monoisotopic (exact) mass is 387 g/mol. The summed E-state index contributed by atoms with van der Waals surface area (Å²) in [6.07, 6.45) is 2.22. The molecule has 1 saturated heterocycles. The largest absolute Gasteiger partial charge is 0.344 e. The lowest BCUT2D eigenvalue weighted by molar-refractivity contribution is -0.135. The molecule has 1 aliphatic heterocycles. The third-order valence-corrected chi connectivity index (χ3v) is 5.33. The minimum atomic E-state index is -1.06. The summed E-state index contributed by atoms with van der Waals surface area (Å²) in [6.45, 7) is -0.174. The van der Waals surface area contributed by atoms with Crippen LogP contribution < -0.4 is 10.6 Å². The van der Waals surface area contributed by atoms with E-state index in [-0.39, 0.29) is 19.0 Å². The molecule has 4 amide bonds. The van der Waals surface area contributed by atoms with Gasteiger partial charge in [-0.15, -0.1) is 0 Å². The number of imide groups is 1. The van der Waals surface area contributed by atoms with Gasteiger partial charge in [0, 0.05) is 5.56 Å². The third-order valence-electron chi connectivity index (χ3n) is 5.33. The molecule has 2 aromatic rings. The fraction of sp³-hybridized carbons (Fsp3) is 0.261. The van der Waals surface area contributed by atoms with E-state index in [0.717, 1.165) is 34.4 Å². The predicted octanol–water partition coefficient (Wildman–Crippen LogP) is 1.94. The number of hydrogen-bond donors (Lipinski definition) is 2. The second kappa shape index (κ2) is 7.80. The maximum Gasteiger partial charge on any atom is 0.325 e. The molecule has 1 fully saturated rings. The number of rotatable bonds is 3. The van der Waals surface area contributed by atoms with E-state index in [1.165, 1.54) is 0 Å². The van der Waals surface area contributed by atoms with Crippen molar-refractivity contribution in [3.63, 3.8) is 0 Å². The number of nitrogens with one attached hydrogen (secondary N) is 2. The first kappa shape index (κ1) is 18.8. The molecule has 1 heterocycles. The van der Waals surface area contributed by atoms with Gasteiger partial charge in [0.2, 0.25) is 5.91 Å². The molecule has 2 aromatic carbocycles. The standard InChI is InChI=1S/C23H21N3O3/c27-20(24-15-7-10-17-8-2-1-3-9-17)16-26-21(28)23(25-22(26)29)14-6-12-18-11-4-5-13-19(18)23/h1-5,8-9,11,13H,6,12,14-16H2,(H,24,27)(H,25,29). The highest BCUT2D eigenvalue weighted by atomic mass is 16.2. The smallest absolute Gasteiger partial charge is 0.325 e. The average Bonchev–Trinajstić information content (AvgIpc) is 2.97. The molecule has 1 atom stereocenters. The van der Waals surface area contributed by atoms with Crippen LogP contribution >= 0.6 is 0 Å². The summed E-state index contributed by atoms with van der Waals surface area (Å²) in [7, 11) is 0. The Hall–Kier alpha value is -3.59. The highest BCUT2D eigenvalue weighted by Crippen LogP contribution is 2.39. The molecule has 2 N–H and O–H groups in total. The highest BCUT2D eigenvalue weighted by Gasteiger charge is 2.54. The van der Waals surface area contributed by atoms with Gasteiger partial charge in [-0.1, -0.05) is 54.3 Å². The second-order valence-electron chi connectivity index (χ2n) is 7.18. The van der Waals surface area contributed by atoms with Crippen molar-refractivity contribution in [3.8, 4) is 11.8 Å². The van der Waals surface area contributed by atoms with Gasteiger partial charge in [-0.2, -0.15) is 0 Å². The quantitative estimate of drug-likeness (QED) is 0.624. The number of carbonyl (C=O) groups excluding carboxylic acids is 3. The van der Waals surface area contributed by atoms with Crippen LogP contribution in [0.3, 0.4) is 0 Å². The molecule has 1 unspecified atom stereocenters. The SMILES string of the molecule is O=C(CN1C(=O)NC2(CCCc3ccccc32)C1=O)NCC#Cc1ccccc1. The Morgan fingerprint density at radius 2 is 1.86 bits per heavy atom. The summed E-state index contributed by atoms with van der Waals surface area (Å²) in [4.78, 5) is 38.9. The second-order valence-corrected chi connectivity index (χ2v) is 7.18. The molecule has 146 valence electrons. The number of fused-ring (bicyclic) bond motifs is 2. The fourth-order valence-corrected chi connectivity index (χ4v) is 3.97. The van der Waals surface area contributed by atoms with Crippen molar-refractivity contribution >= 4 is 17.8 Å². The summed E-state index contributed by atoms with van der Waals surface area (Å²) in [5.41, 5.74) is 1.70. The van der Waals surface area contributed by atoms with E-state index in [4.69, 9.17) is 0 Å². The first-order chi connectivity index (χ1) is 14.1. The van der Waals surface area contributed by atoms with Crippen LogP contribution in [-0.2, 0) is 21.5 Å². The van der Waals surface area contributed by atoms with Crippen LogP contribution in [0.2, 0.25) is 0 Å². The molecular formula is C23H21N3O3. The Bertz CT molecular complexity index is 1020. The number of nitrogens with zero attached hydrogens (tertiary/aromatic N) is 1. The normalized spacial score (nSPS) is 19.9. The lowest BCUT2D eigenvalue weighted by Gasteiger charge is -2.33. The van der Waals surface area contributed by atoms with E-state index in [1.54, 1.807) is 0 Å². The molecule has 4 rings (SSSR count). The van der Waals surface area contributed by atoms with Gasteiger partial charge in [0.05, 0.1) is 6.54 Å². The first-order valence-electron chi connectivity index (χ1n) is 9.63. The van der Waals surface area contributed by atoms with E-state index in [9.17, 15) is 14.4 Å². The van der Waals surface area contributed by atoms with Crippen molar-refractivity contribution < 1.29 is 14.4 Å². The Balaban J connectivity index is 1.41. The molecular weight excluding hydrogens is 366 g/mol. The highest BCUT2D eigenvalue weighted by molar-refractivity contribution is 6.09. The number of aryl methyl sites for hydroxylation is 1. The molecule has 1 aliphatic carbocycles. The van der Waals surface area contributed by atoms with Crippen molar-refractivity contribution in [2.75, 3.05) is 13.1 Å². The van der Waals surface area contributed by atoms with Crippen LogP contribution in [0.25, 0.3) is 0 Å². The Morgan fingerprint density at radius 1 is 1.10 bits per heavy atom. The minimum Gasteiger partial charge on any atom is -0.344 e. The summed E-state index contributed by atoms with van der Waals surface area (Å²) in [5, 5.41) is 5.49. The van der Waals surface area contributed by atoms with Gasteiger partial charge in [-0.3, -0.25) is 14.5 Å². The van der Waals surface area contributed by atoms with E-state index in [0.29, 0.717) is 6.42 Å². The Kier molecular flexibility index (Phi) is 5.05. The van der Waals surface area contributed by atoms with E-state index in [1.807, 2.05) is 54.6 Å². The van der Waals surface area contributed by atoms with Gasteiger partial charge in [0.15, 0.2) is 0 Å². The van der Waals surface area contributed by atoms with Crippen LogP contribution in [0.1, 0.15) is 29.5 Å². The van der Waals surface area contributed by atoms with Crippen molar-refractivity contribution in [2.24, 2.45) is 0 Å². The van der Waals surface area contributed by atoms with Crippen molar-refractivity contribution in [1.29, 1.82) is 0 Å². The first-order valence-corrected chi connectivity index (χ1v) is 9.63. The van der Waals surface area contributed by atoms with Crippen molar-refractivity contribution in [2.45, 2.75) is 24.8 Å². The molecule has 0 radical (unpaired) electrons. The van der Waals surface area contributed by atoms with Crippen molar-refractivity contribution in [3.05, 3.63) is 71.3 Å². The third kappa shape index (κ3) is 3.59. The zero-order valence-electron chi connectivity index (χ0n) is 15.9. The number of hydrogen-bond acceptors (Lipinski definition) is 3. The average molecular weight is 387 g/mol. The zero-order chi connectivity index (χ0) is 20.3. The van der Waals surface area contributed by atoms with Gasteiger partial charge >= 0.3 is 6.03 Å². The number of amides is 4. The molecule has 6 nitrogen and oxygen atoms in total.